The van der Waals surface area contributed by atoms with E-state index in [0.717, 1.165) is 47.7 Å². The van der Waals surface area contributed by atoms with Gasteiger partial charge in [-0.2, -0.15) is 0 Å². The fraction of sp³-hybridized carbons (Fsp3) is 0.593. The summed E-state index contributed by atoms with van der Waals surface area (Å²) in [6, 6.07) is 4.31. The van der Waals surface area contributed by atoms with Crippen LogP contribution in [0.15, 0.2) is 23.1 Å². The van der Waals surface area contributed by atoms with Crippen LogP contribution in [0.4, 0.5) is 0 Å². The van der Waals surface area contributed by atoms with Gasteiger partial charge in [0.25, 0.3) is 11.8 Å². The number of carbonyl (C=O) groups excluding carboxylic acids is 4. The molecule has 1 aromatic rings. The summed E-state index contributed by atoms with van der Waals surface area (Å²) in [5.41, 5.74) is 0.705. The van der Waals surface area contributed by atoms with Crippen molar-refractivity contribution in [2.75, 3.05) is 5.75 Å². The molecule has 0 aliphatic carbocycles. The number of benzene rings is 1. The lowest BCUT2D eigenvalue weighted by atomic mass is 10.0. The molecule has 0 aromatic heterocycles. The summed E-state index contributed by atoms with van der Waals surface area (Å²) >= 11 is 1.57. The highest BCUT2D eigenvalue weighted by molar-refractivity contribution is 7.99. The van der Waals surface area contributed by atoms with Gasteiger partial charge in [-0.3, -0.25) is 34.2 Å². The summed E-state index contributed by atoms with van der Waals surface area (Å²) in [4.78, 5) is 62.0. The van der Waals surface area contributed by atoms with Gasteiger partial charge in [0.2, 0.25) is 11.8 Å². The number of hydrogen-bond donors (Lipinski definition) is 2. The predicted octanol–water partition coefficient (Wildman–Crippen LogP) is 4.95. The number of carboxylic acids is 1. The Kier molecular flexibility index (Phi) is 11.0. The van der Waals surface area contributed by atoms with E-state index >= 15 is 0 Å². The van der Waals surface area contributed by atoms with Crippen LogP contribution in [0.1, 0.15) is 111 Å². The topological polar surface area (TPSA) is 121 Å². The van der Waals surface area contributed by atoms with Gasteiger partial charge in [-0.15, -0.1) is 11.8 Å². The van der Waals surface area contributed by atoms with Crippen molar-refractivity contribution in [3.05, 3.63) is 29.3 Å². The maximum atomic E-state index is 13.1. The number of nitrogens with one attached hydrogen (secondary N) is 1. The molecule has 0 saturated carbocycles. The molecule has 3 rings (SSSR count). The minimum absolute atomic E-state index is 0.111. The fourth-order valence-corrected chi connectivity index (χ4v) is 5.84. The number of thioether (sulfide) groups is 1. The average molecular weight is 517 g/mol. The molecule has 8 nitrogen and oxygen atoms in total. The standard InChI is InChI=1S/C27H36N2O6S/c30-22-17-16-20(25(33)28-22)29-26(34)19-13-12-14-21(24(19)27(29)35)36-18-11-9-7-5-3-1-2-4-6-8-10-15-23(31)32/h12-14,20H,1-11,15-18H2,(H,31,32)(H,28,30,33). The second kappa shape index (κ2) is 14.2. The SMILES string of the molecule is O=C(O)CCCCCCCCCCCCCSc1cccc2c1C(=O)N(C1CCC(=O)NC1=O)C2=O. The zero-order valence-corrected chi connectivity index (χ0v) is 21.6. The van der Waals surface area contributed by atoms with E-state index in [0.29, 0.717) is 11.1 Å². The number of rotatable bonds is 16. The van der Waals surface area contributed by atoms with Gasteiger partial charge >= 0.3 is 5.97 Å². The van der Waals surface area contributed by atoms with E-state index in [9.17, 15) is 24.0 Å². The molecule has 0 bridgehead atoms. The Morgan fingerprint density at radius 1 is 0.889 bits per heavy atom. The minimum atomic E-state index is -0.940. The summed E-state index contributed by atoms with van der Waals surface area (Å²) in [6.07, 6.45) is 12.8. The number of amides is 4. The van der Waals surface area contributed by atoms with Crippen molar-refractivity contribution in [3.8, 4) is 0 Å². The molecule has 196 valence electrons. The molecule has 1 aromatic carbocycles. The Morgan fingerprint density at radius 2 is 1.50 bits per heavy atom. The number of carboxylic acid groups (broad SMARTS) is 1. The lowest BCUT2D eigenvalue weighted by Gasteiger charge is -2.27. The van der Waals surface area contributed by atoms with Crippen LogP contribution in [0.25, 0.3) is 0 Å². The Balaban J connectivity index is 1.33. The van der Waals surface area contributed by atoms with E-state index in [1.165, 1.54) is 38.5 Å². The Morgan fingerprint density at radius 3 is 2.11 bits per heavy atom. The molecule has 9 heteroatoms. The molecule has 1 atom stereocenters. The number of carbonyl (C=O) groups is 5. The molecular formula is C27H36N2O6S. The van der Waals surface area contributed by atoms with Crippen LogP contribution in [-0.4, -0.2) is 51.4 Å². The van der Waals surface area contributed by atoms with Crippen LogP contribution in [0, 0.1) is 0 Å². The first kappa shape index (κ1) is 27.9. The van der Waals surface area contributed by atoms with Crippen LogP contribution in [0.2, 0.25) is 0 Å². The highest BCUT2D eigenvalue weighted by Crippen LogP contribution is 2.34. The molecular weight excluding hydrogens is 480 g/mol. The number of nitrogens with zero attached hydrogens (tertiary/aromatic N) is 1. The predicted molar refractivity (Wildman–Crippen MR) is 137 cm³/mol. The normalized spacial score (nSPS) is 17.4. The minimum Gasteiger partial charge on any atom is -0.481 e. The third-order valence-electron chi connectivity index (χ3n) is 6.72. The molecule has 4 amide bonds. The van der Waals surface area contributed by atoms with Crippen molar-refractivity contribution in [3.63, 3.8) is 0 Å². The highest BCUT2D eigenvalue weighted by atomic mass is 32.2. The third kappa shape index (κ3) is 7.66. The molecule has 2 aliphatic heterocycles. The summed E-state index contributed by atoms with van der Waals surface area (Å²) < 4.78 is 0. The molecule has 2 aliphatic rings. The second-order valence-electron chi connectivity index (χ2n) is 9.51. The molecule has 0 spiro atoms. The zero-order valence-electron chi connectivity index (χ0n) is 20.8. The van der Waals surface area contributed by atoms with Crippen LogP contribution in [0.5, 0.6) is 0 Å². The fourth-order valence-electron chi connectivity index (χ4n) is 4.76. The van der Waals surface area contributed by atoms with Crippen molar-refractivity contribution in [2.24, 2.45) is 0 Å². The number of fused-ring (bicyclic) bond motifs is 1. The number of aliphatic carboxylic acids is 1. The molecule has 1 saturated heterocycles. The van der Waals surface area contributed by atoms with Crippen molar-refractivity contribution < 1.29 is 29.1 Å². The van der Waals surface area contributed by atoms with Crippen LogP contribution >= 0.6 is 11.8 Å². The van der Waals surface area contributed by atoms with Crippen LogP contribution in [-0.2, 0) is 14.4 Å². The first-order chi connectivity index (χ1) is 17.4. The lowest BCUT2D eigenvalue weighted by Crippen LogP contribution is -2.54. The van der Waals surface area contributed by atoms with Crippen LogP contribution in [0.3, 0.4) is 0 Å². The van der Waals surface area contributed by atoms with Gasteiger partial charge in [0.05, 0.1) is 11.1 Å². The van der Waals surface area contributed by atoms with Gasteiger partial charge < -0.3 is 5.11 Å². The average Bonchev–Trinajstić information content (AvgIpc) is 3.09. The van der Waals surface area contributed by atoms with Gasteiger partial charge in [0.1, 0.15) is 6.04 Å². The first-order valence-electron chi connectivity index (χ1n) is 13.1. The van der Waals surface area contributed by atoms with E-state index in [-0.39, 0.29) is 25.2 Å². The van der Waals surface area contributed by atoms with Gasteiger partial charge in [-0.05, 0) is 37.1 Å². The van der Waals surface area contributed by atoms with Crippen molar-refractivity contribution in [1.29, 1.82) is 0 Å². The molecule has 36 heavy (non-hydrogen) atoms. The van der Waals surface area contributed by atoms with E-state index in [1.54, 1.807) is 23.9 Å². The molecule has 2 N–H and O–H groups in total. The molecule has 0 radical (unpaired) electrons. The van der Waals surface area contributed by atoms with E-state index < -0.39 is 29.7 Å². The van der Waals surface area contributed by atoms with Crippen molar-refractivity contribution in [2.45, 2.75) is 101 Å². The quantitative estimate of drug-likeness (QED) is 0.181. The summed E-state index contributed by atoms with van der Waals surface area (Å²) in [5.74, 6) is -1.74. The molecule has 2 heterocycles. The smallest absolute Gasteiger partial charge is 0.303 e. The van der Waals surface area contributed by atoms with E-state index in [2.05, 4.69) is 5.32 Å². The summed E-state index contributed by atoms with van der Waals surface area (Å²) in [5, 5.41) is 10.9. The lowest BCUT2D eigenvalue weighted by molar-refractivity contribution is -0.138. The Bertz CT molecular complexity index is 979. The number of unbranched alkanes of at least 4 members (excludes halogenated alkanes) is 10. The van der Waals surface area contributed by atoms with Gasteiger partial charge in [-0.25, -0.2) is 0 Å². The van der Waals surface area contributed by atoms with Crippen LogP contribution < -0.4 is 5.32 Å². The van der Waals surface area contributed by atoms with E-state index in [4.69, 9.17) is 5.11 Å². The van der Waals surface area contributed by atoms with Gasteiger partial charge in [0.15, 0.2) is 0 Å². The van der Waals surface area contributed by atoms with E-state index in [1.807, 2.05) is 6.07 Å². The maximum absolute atomic E-state index is 13.1. The number of imide groups is 2. The monoisotopic (exact) mass is 516 g/mol. The number of hydrogen-bond acceptors (Lipinski definition) is 6. The Labute approximate surface area is 216 Å². The maximum Gasteiger partial charge on any atom is 0.303 e. The zero-order chi connectivity index (χ0) is 25.9. The summed E-state index contributed by atoms with van der Waals surface area (Å²) in [6.45, 7) is 0. The van der Waals surface area contributed by atoms with Gasteiger partial charge in [-0.1, -0.05) is 63.9 Å². The van der Waals surface area contributed by atoms with Crippen molar-refractivity contribution >= 4 is 41.4 Å². The largest absolute Gasteiger partial charge is 0.481 e. The number of piperidine rings is 1. The highest BCUT2D eigenvalue weighted by Gasteiger charge is 2.45. The third-order valence-corrected chi connectivity index (χ3v) is 7.87. The van der Waals surface area contributed by atoms with Gasteiger partial charge in [0, 0.05) is 17.7 Å². The second-order valence-corrected chi connectivity index (χ2v) is 10.6. The summed E-state index contributed by atoms with van der Waals surface area (Å²) in [7, 11) is 0. The van der Waals surface area contributed by atoms with Crippen molar-refractivity contribution in [1.82, 2.24) is 10.2 Å². The Hall–Kier alpha value is -2.68. The molecule has 1 fully saturated rings. The first-order valence-corrected chi connectivity index (χ1v) is 14.1. The molecule has 1 unspecified atom stereocenters.